The molecule has 106 valence electrons. The Balaban J connectivity index is 1.93. The van der Waals surface area contributed by atoms with E-state index in [1.165, 1.54) is 6.07 Å². The first-order valence-corrected chi connectivity index (χ1v) is 6.82. The first-order valence-electron chi connectivity index (χ1n) is 6.82. The molecule has 0 radical (unpaired) electrons. The number of halogens is 1. The van der Waals surface area contributed by atoms with E-state index in [1.54, 1.807) is 19.2 Å². The topological polar surface area (TPSA) is 64.9 Å². The minimum absolute atomic E-state index is 0.0730. The molecule has 20 heavy (non-hydrogen) atoms. The molecule has 0 atom stereocenters. The minimum atomic E-state index is -0.405. The molecule has 0 unspecified atom stereocenters. The van der Waals surface area contributed by atoms with E-state index in [2.05, 4.69) is 10.6 Å². The summed E-state index contributed by atoms with van der Waals surface area (Å²) >= 11 is 0. The van der Waals surface area contributed by atoms with Crippen molar-refractivity contribution < 1.29 is 9.18 Å². The molecule has 1 saturated carbocycles. The molecule has 0 aliphatic heterocycles. The summed E-state index contributed by atoms with van der Waals surface area (Å²) in [7, 11) is 1.65. The lowest BCUT2D eigenvalue weighted by molar-refractivity contribution is -0.125. The van der Waals surface area contributed by atoms with Crippen LogP contribution in [0, 0.1) is 23.1 Å². The molecule has 1 aliphatic rings. The van der Waals surface area contributed by atoms with Gasteiger partial charge in [-0.25, -0.2) is 4.39 Å². The molecular weight excluding hydrogens is 257 g/mol. The average Bonchev–Trinajstić information content (AvgIpc) is 2.49. The van der Waals surface area contributed by atoms with E-state index in [4.69, 9.17) is 5.26 Å². The van der Waals surface area contributed by atoms with Crippen LogP contribution in [0.1, 0.15) is 31.2 Å². The first kappa shape index (κ1) is 14.3. The van der Waals surface area contributed by atoms with Crippen molar-refractivity contribution in [2.75, 3.05) is 12.4 Å². The number of hydrogen-bond acceptors (Lipinski definition) is 3. The van der Waals surface area contributed by atoms with Crippen molar-refractivity contribution in [1.29, 1.82) is 5.26 Å². The van der Waals surface area contributed by atoms with E-state index in [-0.39, 0.29) is 17.9 Å². The third kappa shape index (κ3) is 3.27. The fraction of sp³-hybridized carbons (Fsp3) is 0.467. The summed E-state index contributed by atoms with van der Waals surface area (Å²) in [6.45, 7) is 0. The molecule has 2 rings (SSSR count). The third-order valence-electron chi connectivity index (χ3n) is 3.80. The highest BCUT2D eigenvalue weighted by Crippen LogP contribution is 2.27. The van der Waals surface area contributed by atoms with Gasteiger partial charge in [-0.3, -0.25) is 4.79 Å². The smallest absolute Gasteiger partial charge is 0.222 e. The number of carbonyl (C=O) groups is 1. The summed E-state index contributed by atoms with van der Waals surface area (Å²) in [5.41, 5.74) is 0.740. The van der Waals surface area contributed by atoms with Gasteiger partial charge in [0.05, 0.1) is 17.3 Å². The Labute approximate surface area is 118 Å². The summed E-state index contributed by atoms with van der Waals surface area (Å²) in [5.74, 6) is -0.241. The number of nitrogens with zero attached hydrogens (tertiary/aromatic N) is 1. The number of nitrogens with one attached hydrogen (secondary N) is 2. The Morgan fingerprint density at radius 3 is 2.60 bits per heavy atom. The van der Waals surface area contributed by atoms with Crippen LogP contribution in [0.15, 0.2) is 18.2 Å². The largest absolute Gasteiger partial charge is 0.380 e. The van der Waals surface area contributed by atoms with Crippen LogP contribution in [-0.4, -0.2) is 19.0 Å². The standard InChI is InChI=1S/C15H18FN3O/c1-18-15(20)11-3-5-12(6-4-11)19-14-7-2-10(9-17)8-13(14)16/h2,7-8,11-12,19H,3-6H2,1H3,(H,18,20). The van der Waals surface area contributed by atoms with Crippen LogP contribution in [0.4, 0.5) is 10.1 Å². The van der Waals surface area contributed by atoms with Crippen LogP contribution in [0.25, 0.3) is 0 Å². The lowest BCUT2D eigenvalue weighted by atomic mass is 9.85. The zero-order valence-corrected chi connectivity index (χ0v) is 11.4. The van der Waals surface area contributed by atoms with Crippen molar-refractivity contribution in [2.24, 2.45) is 5.92 Å². The maximum atomic E-state index is 13.8. The second kappa shape index (κ2) is 6.38. The highest BCUT2D eigenvalue weighted by Gasteiger charge is 2.25. The Morgan fingerprint density at radius 1 is 1.35 bits per heavy atom. The first-order chi connectivity index (χ1) is 9.63. The van der Waals surface area contributed by atoms with Crippen molar-refractivity contribution in [3.05, 3.63) is 29.6 Å². The van der Waals surface area contributed by atoms with Crippen LogP contribution in [0.3, 0.4) is 0 Å². The van der Waals surface area contributed by atoms with Gasteiger partial charge < -0.3 is 10.6 Å². The van der Waals surface area contributed by atoms with Crippen molar-refractivity contribution in [2.45, 2.75) is 31.7 Å². The van der Waals surface area contributed by atoms with Gasteiger partial charge in [0.2, 0.25) is 5.91 Å². The van der Waals surface area contributed by atoms with Gasteiger partial charge in [0.25, 0.3) is 0 Å². The maximum Gasteiger partial charge on any atom is 0.222 e. The van der Waals surface area contributed by atoms with Crippen LogP contribution >= 0.6 is 0 Å². The Morgan fingerprint density at radius 2 is 2.05 bits per heavy atom. The van der Waals surface area contributed by atoms with Gasteiger partial charge in [-0.05, 0) is 43.9 Å². The van der Waals surface area contributed by atoms with E-state index in [0.717, 1.165) is 25.7 Å². The number of carbonyl (C=O) groups excluding carboxylic acids is 1. The maximum absolute atomic E-state index is 13.8. The van der Waals surface area contributed by atoms with Crippen LogP contribution in [0.2, 0.25) is 0 Å². The van der Waals surface area contributed by atoms with Gasteiger partial charge >= 0.3 is 0 Å². The zero-order valence-electron chi connectivity index (χ0n) is 11.4. The van der Waals surface area contributed by atoms with Crippen molar-refractivity contribution in [1.82, 2.24) is 5.32 Å². The van der Waals surface area contributed by atoms with Crippen molar-refractivity contribution in [3.8, 4) is 6.07 Å². The van der Waals surface area contributed by atoms with Crippen molar-refractivity contribution >= 4 is 11.6 Å². The molecule has 0 saturated heterocycles. The summed E-state index contributed by atoms with van der Waals surface area (Å²) < 4.78 is 13.8. The lowest BCUT2D eigenvalue weighted by Gasteiger charge is -2.28. The van der Waals surface area contributed by atoms with Gasteiger partial charge in [-0.15, -0.1) is 0 Å². The van der Waals surface area contributed by atoms with Crippen LogP contribution in [-0.2, 0) is 4.79 Å². The molecule has 1 fully saturated rings. The molecule has 0 aromatic heterocycles. The molecule has 1 aliphatic carbocycles. The zero-order chi connectivity index (χ0) is 14.5. The molecular formula is C15H18FN3O. The van der Waals surface area contributed by atoms with Crippen LogP contribution < -0.4 is 10.6 Å². The predicted molar refractivity (Wildman–Crippen MR) is 74.6 cm³/mol. The van der Waals surface area contributed by atoms with E-state index in [1.807, 2.05) is 6.07 Å². The molecule has 5 heteroatoms. The highest BCUT2D eigenvalue weighted by atomic mass is 19.1. The van der Waals surface area contributed by atoms with E-state index < -0.39 is 5.82 Å². The van der Waals surface area contributed by atoms with Gasteiger partial charge in [0.1, 0.15) is 5.82 Å². The normalized spacial score (nSPS) is 21.9. The molecule has 1 aromatic rings. The Hall–Kier alpha value is -2.09. The Kier molecular flexibility index (Phi) is 4.57. The predicted octanol–water partition coefficient (Wildman–Crippen LogP) is 2.41. The number of nitriles is 1. The fourth-order valence-electron chi connectivity index (χ4n) is 2.63. The highest BCUT2D eigenvalue weighted by molar-refractivity contribution is 5.78. The fourth-order valence-corrected chi connectivity index (χ4v) is 2.63. The molecule has 0 spiro atoms. The molecule has 1 amide bonds. The van der Waals surface area contributed by atoms with Gasteiger partial charge in [-0.2, -0.15) is 5.26 Å². The third-order valence-corrected chi connectivity index (χ3v) is 3.80. The molecule has 0 heterocycles. The number of hydrogen-bond donors (Lipinski definition) is 2. The monoisotopic (exact) mass is 275 g/mol. The second-order valence-electron chi connectivity index (χ2n) is 5.11. The summed E-state index contributed by atoms with van der Waals surface area (Å²) in [6.07, 6.45) is 3.32. The Bertz CT molecular complexity index is 530. The molecule has 0 bridgehead atoms. The minimum Gasteiger partial charge on any atom is -0.380 e. The number of rotatable bonds is 3. The van der Waals surface area contributed by atoms with E-state index in [0.29, 0.717) is 11.3 Å². The van der Waals surface area contributed by atoms with Gasteiger partial charge in [-0.1, -0.05) is 0 Å². The number of amides is 1. The molecule has 2 N–H and O–H groups in total. The van der Waals surface area contributed by atoms with E-state index >= 15 is 0 Å². The quantitative estimate of drug-likeness (QED) is 0.890. The summed E-state index contributed by atoms with van der Waals surface area (Å²) in [4.78, 5) is 11.5. The van der Waals surface area contributed by atoms with Gasteiger partial charge in [0.15, 0.2) is 0 Å². The van der Waals surface area contributed by atoms with E-state index in [9.17, 15) is 9.18 Å². The number of benzene rings is 1. The average molecular weight is 275 g/mol. The van der Waals surface area contributed by atoms with Crippen molar-refractivity contribution in [3.63, 3.8) is 0 Å². The molecule has 1 aromatic carbocycles. The summed E-state index contributed by atoms with van der Waals surface area (Å²) in [5, 5.41) is 14.5. The summed E-state index contributed by atoms with van der Waals surface area (Å²) in [6, 6.07) is 6.52. The second-order valence-corrected chi connectivity index (χ2v) is 5.11. The van der Waals surface area contributed by atoms with Crippen LogP contribution in [0.5, 0.6) is 0 Å². The SMILES string of the molecule is CNC(=O)C1CCC(Nc2ccc(C#N)cc2F)CC1. The lowest BCUT2D eigenvalue weighted by Crippen LogP contribution is -2.34. The number of anilines is 1. The molecule has 4 nitrogen and oxygen atoms in total. The van der Waals surface area contributed by atoms with Gasteiger partial charge in [0, 0.05) is 19.0 Å².